The number of hydrogen-bond donors (Lipinski definition) is 0. The summed E-state index contributed by atoms with van der Waals surface area (Å²) in [4.78, 5) is 4.05. The van der Waals surface area contributed by atoms with Gasteiger partial charge in [-0.05, 0) is 59.3 Å². The molecule has 0 spiro atoms. The molecule has 1 aliphatic rings. The van der Waals surface area contributed by atoms with Crippen molar-refractivity contribution in [3.05, 3.63) is 48.0 Å². The van der Waals surface area contributed by atoms with Crippen molar-refractivity contribution in [2.75, 3.05) is 0 Å². The third-order valence-electron chi connectivity index (χ3n) is 5.35. The van der Waals surface area contributed by atoms with E-state index in [1.165, 1.54) is 17.5 Å². The van der Waals surface area contributed by atoms with E-state index in [9.17, 15) is 0 Å². The van der Waals surface area contributed by atoms with E-state index >= 15 is 0 Å². The molecule has 1 aliphatic carbocycles. The molecular weight excluding hydrogens is 296 g/mol. The molecule has 0 saturated carbocycles. The average Bonchev–Trinajstić information content (AvgIpc) is 3.03. The maximum absolute atomic E-state index is 5.93. The van der Waals surface area contributed by atoms with Crippen molar-refractivity contribution >= 4 is 0 Å². The molecule has 1 aromatic heterocycles. The molecule has 3 nitrogen and oxygen atoms in total. The molecule has 1 heterocycles. The Morgan fingerprint density at radius 1 is 1.29 bits per heavy atom. The molecule has 0 fully saturated rings. The first-order valence-electron chi connectivity index (χ1n) is 9.07. The summed E-state index contributed by atoms with van der Waals surface area (Å²) in [6.45, 7) is 12.4. The lowest BCUT2D eigenvalue weighted by atomic mass is 9.61. The number of benzene rings is 1. The van der Waals surface area contributed by atoms with Gasteiger partial charge in [-0.1, -0.05) is 40.7 Å². The number of imidazole rings is 1. The summed E-state index contributed by atoms with van der Waals surface area (Å²) >= 11 is 0. The highest BCUT2D eigenvalue weighted by Crippen LogP contribution is 2.50. The van der Waals surface area contributed by atoms with Gasteiger partial charge >= 0.3 is 0 Å². The van der Waals surface area contributed by atoms with Crippen molar-refractivity contribution in [1.29, 1.82) is 0 Å². The van der Waals surface area contributed by atoms with Gasteiger partial charge in [0, 0.05) is 12.4 Å². The van der Waals surface area contributed by atoms with Gasteiger partial charge in [0.1, 0.15) is 5.75 Å². The smallest absolute Gasteiger partial charge is 0.165 e. The van der Waals surface area contributed by atoms with Crippen molar-refractivity contribution in [1.82, 2.24) is 9.55 Å². The molecule has 2 aromatic rings. The monoisotopic (exact) mass is 326 g/mol. The molecule has 2 unspecified atom stereocenters. The maximum atomic E-state index is 5.93. The average molecular weight is 326 g/mol. The summed E-state index contributed by atoms with van der Waals surface area (Å²) in [5.74, 6) is 3.05. The number of rotatable bonds is 4. The number of fused-ring (bicyclic) bond motifs is 1. The molecule has 1 aromatic carbocycles. The van der Waals surface area contributed by atoms with Gasteiger partial charge in [-0.2, -0.15) is 0 Å². The van der Waals surface area contributed by atoms with Crippen LogP contribution in [0.4, 0.5) is 0 Å². The number of hydrogen-bond acceptors (Lipinski definition) is 2. The van der Waals surface area contributed by atoms with Crippen LogP contribution in [-0.2, 0) is 13.2 Å². The van der Waals surface area contributed by atoms with Crippen molar-refractivity contribution in [2.24, 2.45) is 17.3 Å². The Morgan fingerprint density at radius 2 is 2.08 bits per heavy atom. The van der Waals surface area contributed by atoms with E-state index < -0.39 is 0 Å². The molecule has 0 aliphatic heterocycles. The Morgan fingerprint density at radius 3 is 2.71 bits per heavy atom. The first-order chi connectivity index (χ1) is 11.4. The van der Waals surface area contributed by atoms with E-state index in [-0.39, 0.29) is 5.41 Å². The quantitative estimate of drug-likeness (QED) is 0.765. The first kappa shape index (κ1) is 17.1. The van der Waals surface area contributed by atoms with E-state index in [1.54, 1.807) is 12.5 Å². The summed E-state index contributed by atoms with van der Waals surface area (Å²) in [6.07, 6.45) is 7.91. The fraction of sp³-hybridized carbons (Fsp3) is 0.571. The zero-order chi connectivity index (χ0) is 17.3. The predicted molar refractivity (Wildman–Crippen MR) is 98.1 cm³/mol. The number of aromatic nitrogens is 2. The highest BCUT2D eigenvalue weighted by Gasteiger charge is 2.38. The molecule has 24 heavy (non-hydrogen) atoms. The minimum absolute atomic E-state index is 0.281. The third-order valence-corrected chi connectivity index (χ3v) is 5.35. The maximum Gasteiger partial charge on any atom is 0.165 e. The molecule has 0 saturated heterocycles. The van der Waals surface area contributed by atoms with Crippen LogP contribution in [-0.4, -0.2) is 9.55 Å². The van der Waals surface area contributed by atoms with Crippen molar-refractivity contribution in [3.63, 3.8) is 0 Å². The Labute approximate surface area is 146 Å². The van der Waals surface area contributed by atoms with E-state index in [2.05, 4.69) is 57.8 Å². The van der Waals surface area contributed by atoms with Gasteiger partial charge in [-0.3, -0.25) is 0 Å². The van der Waals surface area contributed by atoms with Crippen LogP contribution in [0.2, 0.25) is 0 Å². The van der Waals surface area contributed by atoms with E-state index in [0.29, 0.717) is 12.6 Å². The van der Waals surface area contributed by atoms with Crippen LogP contribution in [0.5, 0.6) is 5.75 Å². The van der Waals surface area contributed by atoms with Gasteiger partial charge in [0.05, 0.1) is 6.33 Å². The van der Waals surface area contributed by atoms with Crippen molar-refractivity contribution < 1.29 is 4.74 Å². The molecule has 0 bridgehead atoms. The second-order valence-corrected chi connectivity index (χ2v) is 8.50. The van der Waals surface area contributed by atoms with Crippen LogP contribution in [0.15, 0.2) is 36.9 Å². The molecule has 130 valence electrons. The van der Waals surface area contributed by atoms with E-state index in [0.717, 1.165) is 24.0 Å². The molecule has 0 N–H and O–H groups in total. The molecule has 0 radical (unpaired) electrons. The van der Waals surface area contributed by atoms with Gasteiger partial charge in [-0.15, -0.1) is 0 Å². The lowest BCUT2D eigenvalue weighted by Crippen LogP contribution is -2.33. The van der Waals surface area contributed by atoms with Crippen LogP contribution in [0.25, 0.3) is 0 Å². The third kappa shape index (κ3) is 3.50. The number of ether oxygens (including phenoxy) is 1. The summed E-state index contributed by atoms with van der Waals surface area (Å²) in [5.41, 5.74) is 3.28. The normalized spacial score (nSPS) is 20.9. The molecular formula is C21H30N2O. The SMILES string of the molecule is CC(C)C1CCc2cc(OCn3ccnc3)ccc2C1C(C)(C)C. The van der Waals surface area contributed by atoms with Crippen LogP contribution >= 0.6 is 0 Å². The predicted octanol–water partition coefficient (Wildman–Crippen LogP) is 5.27. The Balaban J connectivity index is 1.84. The topological polar surface area (TPSA) is 27.1 Å². The molecule has 2 atom stereocenters. The minimum atomic E-state index is 0.281. The number of aryl methyl sites for hydroxylation is 1. The van der Waals surface area contributed by atoms with Crippen LogP contribution < -0.4 is 4.74 Å². The second-order valence-electron chi connectivity index (χ2n) is 8.50. The van der Waals surface area contributed by atoms with Crippen LogP contribution in [0.3, 0.4) is 0 Å². The summed E-state index contributed by atoms with van der Waals surface area (Å²) in [6, 6.07) is 6.70. The highest BCUT2D eigenvalue weighted by atomic mass is 16.5. The molecule has 0 amide bonds. The lowest BCUT2D eigenvalue weighted by molar-refractivity contribution is 0.169. The van der Waals surface area contributed by atoms with Gasteiger partial charge in [-0.25, -0.2) is 4.98 Å². The second kappa shape index (κ2) is 6.62. The Hall–Kier alpha value is -1.77. The van der Waals surface area contributed by atoms with E-state index in [1.807, 2.05) is 10.8 Å². The van der Waals surface area contributed by atoms with Gasteiger partial charge < -0.3 is 9.30 Å². The fourth-order valence-corrected chi connectivity index (χ4v) is 4.25. The zero-order valence-electron chi connectivity index (χ0n) is 15.6. The number of nitrogens with zero attached hydrogens (tertiary/aromatic N) is 2. The van der Waals surface area contributed by atoms with Crippen LogP contribution in [0.1, 0.15) is 58.1 Å². The summed E-state index contributed by atoms with van der Waals surface area (Å²) in [5, 5.41) is 0. The van der Waals surface area contributed by atoms with Crippen LogP contribution in [0, 0.1) is 17.3 Å². The summed E-state index contributed by atoms with van der Waals surface area (Å²) in [7, 11) is 0. The summed E-state index contributed by atoms with van der Waals surface area (Å²) < 4.78 is 7.87. The zero-order valence-corrected chi connectivity index (χ0v) is 15.6. The van der Waals surface area contributed by atoms with E-state index in [4.69, 9.17) is 4.74 Å². The fourth-order valence-electron chi connectivity index (χ4n) is 4.25. The highest BCUT2D eigenvalue weighted by molar-refractivity contribution is 5.40. The van der Waals surface area contributed by atoms with Gasteiger partial charge in [0.2, 0.25) is 0 Å². The van der Waals surface area contributed by atoms with Gasteiger partial charge in [0.25, 0.3) is 0 Å². The van der Waals surface area contributed by atoms with Crippen molar-refractivity contribution in [2.45, 2.75) is 60.1 Å². The largest absolute Gasteiger partial charge is 0.473 e. The van der Waals surface area contributed by atoms with Crippen molar-refractivity contribution in [3.8, 4) is 5.75 Å². The first-order valence-corrected chi connectivity index (χ1v) is 9.07. The van der Waals surface area contributed by atoms with Gasteiger partial charge in [0.15, 0.2) is 6.73 Å². The minimum Gasteiger partial charge on any atom is -0.473 e. The molecule has 3 heteroatoms. The molecule has 3 rings (SSSR count). The standard InChI is InChI=1S/C21H30N2O/c1-15(2)18-8-6-16-12-17(24-14-23-11-10-22-13-23)7-9-19(16)20(18)21(3,4)5/h7,9-13,15,18,20H,6,8,14H2,1-5H3. The Kier molecular flexibility index (Phi) is 4.71. The Bertz CT molecular complexity index is 668. The lowest BCUT2D eigenvalue weighted by Gasteiger charge is -2.44.